The minimum atomic E-state index is -4.22. The number of amides is 1. The highest BCUT2D eigenvalue weighted by atomic mass is 19.4. The number of rotatable bonds is 8. The lowest BCUT2D eigenvalue weighted by atomic mass is 9.78. The lowest BCUT2D eigenvalue weighted by molar-refractivity contribution is -0.185. The minimum Gasteiger partial charge on any atom is -0.481 e. The smallest absolute Gasteiger partial charge is 0.391 e. The Kier molecular flexibility index (Phi) is 7.58. The topological polar surface area (TPSA) is 91.6 Å². The Hall–Kier alpha value is -2.81. The van der Waals surface area contributed by atoms with Crippen molar-refractivity contribution in [3.8, 4) is 11.1 Å². The molecule has 3 saturated carbocycles. The van der Waals surface area contributed by atoms with Crippen LogP contribution in [0.3, 0.4) is 0 Å². The van der Waals surface area contributed by atoms with Gasteiger partial charge in [-0.2, -0.15) is 13.2 Å². The van der Waals surface area contributed by atoms with Gasteiger partial charge in [0.05, 0.1) is 17.4 Å². The summed E-state index contributed by atoms with van der Waals surface area (Å²) in [5.74, 6) is -3.12. The zero-order chi connectivity index (χ0) is 29.9. The molecule has 0 saturated heterocycles. The number of aliphatic carboxylic acids is 1. The molecule has 9 heteroatoms. The number of carboxylic acids is 1. The van der Waals surface area contributed by atoms with Crippen LogP contribution < -0.4 is 5.32 Å². The predicted octanol–water partition coefficient (Wildman–Crippen LogP) is 6.48. The second kappa shape index (κ2) is 10.5. The van der Waals surface area contributed by atoms with Crippen LogP contribution in [0.5, 0.6) is 0 Å². The van der Waals surface area contributed by atoms with Gasteiger partial charge in [-0.3, -0.25) is 9.59 Å². The number of halogens is 3. The van der Waals surface area contributed by atoms with Crippen molar-refractivity contribution in [1.29, 1.82) is 0 Å². The molecule has 3 N–H and O–H groups in total. The number of carbonyl (C=O) groups excluding carboxylic acids is 1. The van der Waals surface area contributed by atoms with Gasteiger partial charge in [0.2, 0.25) is 0 Å². The van der Waals surface area contributed by atoms with Crippen molar-refractivity contribution in [1.82, 2.24) is 9.88 Å². The molecule has 1 amide bonds. The van der Waals surface area contributed by atoms with E-state index < -0.39 is 29.6 Å². The second-order valence-corrected chi connectivity index (χ2v) is 13.5. The van der Waals surface area contributed by atoms with E-state index in [4.69, 9.17) is 0 Å². The molecule has 0 aliphatic heterocycles. The molecular formula is C32H41F3N2O4. The molecule has 0 radical (unpaired) electrons. The third-order valence-corrected chi connectivity index (χ3v) is 9.79. The molecule has 0 bridgehead atoms. The van der Waals surface area contributed by atoms with Gasteiger partial charge in [0.25, 0.3) is 5.91 Å². The van der Waals surface area contributed by atoms with E-state index in [1.54, 1.807) is 25.5 Å². The Balaban J connectivity index is 1.53. The van der Waals surface area contributed by atoms with Crippen LogP contribution in [0.1, 0.15) is 99.4 Å². The number of carboxylic acid groups (broad SMARTS) is 1. The van der Waals surface area contributed by atoms with E-state index in [2.05, 4.69) is 18.3 Å². The first-order valence-electron chi connectivity index (χ1n) is 14.7. The van der Waals surface area contributed by atoms with E-state index >= 15 is 0 Å². The normalized spacial score (nSPS) is 25.9. The lowest BCUT2D eigenvalue weighted by Crippen LogP contribution is -2.47. The molecule has 41 heavy (non-hydrogen) atoms. The third kappa shape index (κ3) is 6.20. The molecule has 224 valence electrons. The van der Waals surface area contributed by atoms with Gasteiger partial charge in [-0.05, 0) is 98.9 Å². The summed E-state index contributed by atoms with van der Waals surface area (Å²) in [7, 11) is 1.78. The van der Waals surface area contributed by atoms with Crippen molar-refractivity contribution < 1.29 is 33.0 Å². The van der Waals surface area contributed by atoms with E-state index in [-0.39, 0.29) is 36.1 Å². The van der Waals surface area contributed by atoms with Gasteiger partial charge in [0, 0.05) is 24.3 Å². The Bertz CT molecular complexity index is 1310. The summed E-state index contributed by atoms with van der Waals surface area (Å²) in [6.45, 7) is 5.66. The fraction of sp³-hybridized carbons (Fsp3) is 0.625. The molecule has 6 nitrogen and oxygen atoms in total. The van der Waals surface area contributed by atoms with Gasteiger partial charge < -0.3 is 20.1 Å². The van der Waals surface area contributed by atoms with Crippen LogP contribution in [0.15, 0.2) is 24.3 Å². The maximum absolute atomic E-state index is 13.6. The van der Waals surface area contributed by atoms with Crippen molar-refractivity contribution in [2.24, 2.45) is 24.8 Å². The largest absolute Gasteiger partial charge is 0.481 e. The van der Waals surface area contributed by atoms with E-state index in [1.807, 2.05) is 18.2 Å². The molecule has 1 aromatic carbocycles. The molecule has 5 rings (SSSR count). The summed E-state index contributed by atoms with van der Waals surface area (Å²) in [6.07, 6.45) is 0.470. The number of carbonyl (C=O) groups is 2. The van der Waals surface area contributed by atoms with E-state index in [0.29, 0.717) is 37.8 Å². The van der Waals surface area contributed by atoms with Crippen molar-refractivity contribution >= 4 is 11.9 Å². The number of nitrogens with zero attached hydrogens (tertiary/aromatic N) is 1. The zero-order valence-electron chi connectivity index (χ0n) is 24.3. The SMILES string of the molecule is Cn1c(C(=O)N[C@H]2C[C@H](C(=O)O)C2)cc(-c2cc(C(C)(C)O)cc(C3(C)CC3)c2)c1CC1CCCC(C(F)(F)F)C1. The van der Waals surface area contributed by atoms with Crippen LogP contribution in [0, 0.1) is 17.8 Å². The van der Waals surface area contributed by atoms with Gasteiger partial charge in [-0.1, -0.05) is 31.9 Å². The van der Waals surface area contributed by atoms with Crippen LogP contribution >= 0.6 is 0 Å². The van der Waals surface area contributed by atoms with Crippen molar-refractivity contribution in [2.45, 2.75) is 102 Å². The average molecular weight is 575 g/mol. The molecule has 2 atom stereocenters. The first kappa shape index (κ1) is 29.7. The van der Waals surface area contributed by atoms with Crippen LogP contribution in [0.2, 0.25) is 0 Å². The average Bonchev–Trinajstić information content (AvgIpc) is 3.54. The van der Waals surface area contributed by atoms with Gasteiger partial charge in [0.1, 0.15) is 5.69 Å². The molecule has 0 spiro atoms. The lowest BCUT2D eigenvalue weighted by Gasteiger charge is -2.33. The summed E-state index contributed by atoms with van der Waals surface area (Å²) in [5, 5.41) is 23.1. The van der Waals surface area contributed by atoms with E-state index in [9.17, 15) is 33.0 Å². The fourth-order valence-corrected chi connectivity index (χ4v) is 6.56. The Labute approximate surface area is 239 Å². The first-order valence-corrected chi connectivity index (χ1v) is 14.7. The first-order chi connectivity index (χ1) is 19.0. The van der Waals surface area contributed by atoms with Crippen molar-refractivity contribution in [2.75, 3.05) is 0 Å². The molecule has 3 aliphatic carbocycles. The molecule has 2 unspecified atom stereocenters. The Morgan fingerprint density at radius 3 is 2.34 bits per heavy atom. The van der Waals surface area contributed by atoms with Gasteiger partial charge >= 0.3 is 12.1 Å². The molecular weight excluding hydrogens is 533 g/mol. The van der Waals surface area contributed by atoms with Crippen LogP contribution in [-0.4, -0.2) is 38.9 Å². The third-order valence-electron chi connectivity index (χ3n) is 9.79. The van der Waals surface area contributed by atoms with Crippen molar-refractivity contribution in [3.63, 3.8) is 0 Å². The van der Waals surface area contributed by atoms with Crippen LogP contribution in [0.25, 0.3) is 11.1 Å². The van der Waals surface area contributed by atoms with Gasteiger partial charge in [-0.25, -0.2) is 0 Å². The summed E-state index contributed by atoms with van der Waals surface area (Å²) in [6, 6.07) is 7.66. The number of hydrogen-bond donors (Lipinski definition) is 3. The van der Waals surface area contributed by atoms with Crippen LogP contribution in [0.4, 0.5) is 13.2 Å². The van der Waals surface area contributed by atoms with Crippen LogP contribution in [-0.2, 0) is 29.3 Å². The standard InChI is InChI=1S/C32H41F3N2O4/c1-30(2,41)22-12-19(13-23(16-22)31(3)8-9-31)25-17-27(28(38)36-24-14-20(15-24)29(39)40)37(4)26(25)11-18-6-5-7-21(10-18)32(33,34)35/h12-13,16-18,20-21,24,41H,5-11,14-15H2,1-4H3,(H,36,38)(H,39,40)/t18?,20-,21?,24-. The summed E-state index contributed by atoms with van der Waals surface area (Å²) < 4.78 is 42.7. The Morgan fingerprint density at radius 2 is 1.76 bits per heavy atom. The monoisotopic (exact) mass is 574 g/mol. The highest BCUT2D eigenvalue weighted by molar-refractivity contribution is 5.95. The van der Waals surface area contributed by atoms with E-state index in [1.165, 1.54) is 0 Å². The highest BCUT2D eigenvalue weighted by Crippen LogP contribution is 2.50. The zero-order valence-corrected chi connectivity index (χ0v) is 24.3. The van der Waals surface area contributed by atoms with Crippen molar-refractivity contribution in [3.05, 3.63) is 46.8 Å². The summed E-state index contributed by atoms with van der Waals surface area (Å²) in [5.41, 5.74) is 3.61. The van der Waals surface area contributed by atoms with E-state index in [0.717, 1.165) is 40.8 Å². The Morgan fingerprint density at radius 1 is 1.07 bits per heavy atom. The minimum absolute atomic E-state index is 0.0133. The molecule has 1 aromatic heterocycles. The number of alkyl halides is 3. The molecule has 1 heterocycles. The summed E-state index contributed by atoms with van der Waals surface area (Å²) in [4.78, 5) is 24.6. The number of benzene rings is 1. The quantitative estimate of drug-likeness (QED) is 0.337. The number of aliphatic hydroxyl groups is 1. The molecule has 3 fully saturated rings. The number of aromatic nitrogens is 1. The summed E-state index contributed by atoms with van der Waals surface area (Å²) >= 11 is 0. The maximum atomic E-state index is 13.6. The van der Waals surface area contributed by atoms with Gasteiger partial charge in [-0.15, -0.1) is 0 Å². The number of hydrogen-bond acceptors (Lipinski definition) is 3. The predicted molar refractivity (Wildman–Crippen MR) is 150 cm³/mol. The maximum Gasteiger partial charge on any atom is 0.391 e. The number of nitrogens with one attached hydrogen (secondary N) is 1. The molecule has 3 aliphatic rings. The van der Waals surface area contributed by atoms with Gasteiger partial charge in [0.15, 0.2) is 0 Å². The highest BCUT2D eigenvalue weighted by Gasteiger charge is 2.43. The second-order valence-electron chi connectivity index (χ2n) is 13.5. The fourth-order valence-electron chi connectivity index (χ4n) is 6.56. The molecule has 2 aromatic rings.